The van der Waals surface area contributed by atoms with Crippen molar-refractivity contribution in [2.24, 2.45) is 5.92 Å². The zero-order chi connectivity index (χ0) is 20.0. The van der Waals surface area contributed by atoms with E-state index < -0.39 is 33.5 Å². The van der Waals surface area contributed by atoms with E-state index in [2.05, 4.69) is 0 Å². The Morgan fingerprint density at radius 2 is 1.85 bits per heavy atom. The fourth-order valence-corrected chi connectivity index (χ4v) is 4.08. The lowest BCUT2D eigenvalue weighted by Crippen LogP contribution is -2.45. The lowest BCUT2D eigenvalue weighted by Gasteiger charge is -2.22. The van der Waals surface area contributed by atoms with Crippen molar-refractivity contribution in [2.45, 2.75) is 44.0 Å². The van der Waals surface area contributed by atoms with Gasteiger partial charge < -0.3 is 9.64 Å². The van der Waals surface area contributed by atoms with E-state index in [0.29, 0.717) is 19.4 Å². The number of esters is 1. The largest absolute Gasteiger partial charge is 0.463 e. The first kappa shape index (κ1) is 21.1. The molecule has 27 heavy (non-hydrogen) atoms. The first-order chi connectivity index (χ1) is 12.7. The second kappa shape index (κ2) is 9.12. The fraction of sp³-hybridized carbons (Fsp3) is 0.526. The number of hydrogen-bond donors (Lipinski definition) is 0. The summed E-state index contributed by atoms with van der Waals surface area (Å²) in [7, 11) is -3.55. The van der Waals surface area contributed by atoms with Gasteiger partial charge in [-0.1, -0.05) is 32.0 Å². The number of benzene rings is 1. The Morgan fingerprint density at radius 1 is 1.19 bits per heavy atom. The number of sulfone groups is 1. The Labute approximate surface area is 159 Å². The molecular formula is C19H25NO6S. The Kier molecular flexibility index (Phi) is 7.12. The van der Waals surface area contributed by atoms with Crippen LogP contribution in [-0.4, -0.2) is 55.9 Å². The lowest BCUT2D eigenvalue weighted by molar-refractivity contribution is -0.155. The third kappa shape index (κ3) is 5.63. The highest BCUT2D eigenvalue weighted by molar-refractivity contribution is 7.91. The molecular weight excluding hydrogens is 370 g/mol. The van der Waals surface area contributed by atoms with Crippen LogP contribution in [0.2, 0.25) is 0 Å². The van der Waals surface area contributed by atoms with E-state index in [0.717, 1.165) is 0 Å². The standard InChI is InChI=1S/C19H25NO6S/c1-14(2)13-17(21)18(22)20-10-6-9-16(20)19(23)26-11-12-27(24,25)15-7-4-3-5-8-15/h3-5,7-8,14,16H,6,9-13H2,1-2H3/t16-/m0/s1. The van der Waals surface area contributed by atoms with E-state index in [9.17, 15) is 22.8 Å². The Morgan fingerprint density at radius 3 is 2.48 bits per heavy atom. The summed E-state index contributed by atoms with van der Waals surface area (Å²) in [6.45, 7) is 3.71. The maximum absolute atomic E-state index is 12.3. The van der Waals surface area contributed by atoms with Gasteiger partial charge in [0.15, 0.2) is 9.84 Å². The van der Waals surface area contributed by atoms with E-state index in [1.807, 2.05) is 13.8 Å². The van der Waals surface area contributed by atoms with Crippen molar-refractivity contribution in [1.82, 2.24) is 4.90 Å². The summed E-state index contributed by atoms with van der Waals surface area (Å²) in [5, 5.41) is 0. The predicted molar refractivity (Wildman–Crippen MR) is 98.7 cm³/mol. The van der Waals surface area contributed by atoms with Gasteiger partial charge in [-0.2, -0.15) is 0 Å². The van der Waals surface area contributed by atoms with Crippen LogP contribution in [0.15, 0.2) is 35.2 Å². The van der Waals surface area contributed by atoms with E-state index in [4.69, 9.17) is 4.74 Å². The molecule has 0 aliphatic carbocycles. The molecule has 2 rings (SSSR count). The highest BCUT2D eigenvalue weighted by atomic mass is 32.2. The Balaban J connectivity index is 1.91. The molecule has 7 nitrogen and oxygen atoms in total. The molecule has 0 saturated carbocycles. The van der Waals surface area contributed by atoms with Crippen LogP contribution < -0.4 is 0 Å². The first-order valence-corrected chi connectivity index (χ1v) is 10.7. The van der Waals surface area contributed by atoms with Crippen molar-refractivity contribution in [3.8, 4) is 0 Å². The minimum Gasteiger partial charge on any atom is -0.463 e. The van der Waals surface area contributed by atoms with Gasteiger partial charge in [0.1, 0.15) is 12.6 Å². The van der Waals surface area contributed by atoms with Crippen LogP contribution in [0.1, 0.15) is 33.1 Å². The monoisotopic (exact) mass is 395 g/mol. The van der Waals surface area contributed by atoms with E-state index >= 15 is 0 Å². The van der Waals surface area contributed by atoms with Gasteiger partial charge in [0, 0.05) is 13.0 Å². The first-order valence-electron chi connectivity index (χ1n) is 9.00. The number of carbonyl (C=O) groups excluding carboxylic acids is 3. The summed E-state index contributed by atoms with van der Waals surface area (Å²) < 4.78 is 29.5. The molecule has 1 aliphatic heterocycles. The summed E-state index contributed by atoms with van der Waals surface area (Å²) in [4.78, 5) is 38.0. The predicted octanol–water partition coefficient (Wildman–Crippen LogP) is 1.61. The van der Waals surface area contributed by atoms with Crippen molar-refractivity contribution in [2.75, 3.05) is 18.9 Å². The highest BCUT2D eigenvalue weighted by Gasteiger charge is 2.37. The van der Waals surface area contributed by atoms with Crippen LogP contribution in [0.5, 0.6) is 0 Å². The van der Waals surface area contributed by atoms with Gasteiger partial charge in [0.05, 0.1) is 10.6 Å². The molecule has 0 spiro atoms. The average molecular weight is 395 g/mol. The quantitative estimate of drug-likeness (QED) is 0.490. The Hall–Kier alpha value is -2.22. The van der Waals surface area contributed by atoms with Gasteiger partial charge in [-0.15, -0.1) is 0 Å². The van der Waals surface area contributed by atoms with Crippen LogP contribution in [0.4, 0.5) is 0 Å². The topological polar surface area (TPSA) is 97.8 Å². The van der Waals surface area contributed by atoms with E-state index in [1.54, 1.807) is 18.2 Å². The second-order valence-corrected chi connectivity index (χ2v) is 9.09. The van der Waals surface area contributed by atoms with Crippen LogP contribution in [-0.2, 0) is 29.0 Å². The smallest absolute Gasteiger partial charge is 0.328 e. The third-order valence-electron chi connectivity index (χ3n) is 4.32. The van der Waals surface area contributed by atoms with Gasteiger partial charge in [-0.25, -0.2) is 13.2 Å². The molecule has 0 aromatic heterocycles. The normalized spacial score (nSPS) is 17.1. The molecule has 1 aliphatic rings. The second-order valence-electron chi connectivity index (χ2n) is 6.98. The molecule has 1 aromatic carbocycles. The van der Waals surface area contributed by atoms with Gasteiger partial charge in [-0.3, -0.25) is 9.59 Å². The van der Waals surface area contributed by atoms with Crippen LogP contribution >= 0.6 is 0 Å². The van der Waals surface area contributed by atoms with Gasteiger partial charge in [-0.05, 0) is 30.9 Å². The van der Waals surface area contributed by atoms with Crippen molar-refractivity contribution in [1.29, 1.82) is 0 Å². The third-order valence-corrected chi connectivity index (χ3v) is 6.01. The van der Waals surface area contributed by atoms with Crippen molar-refractivity contribution in [3.05, 3.63) is 30.3 Å². The maximum atomic E-state index is 12.3. The molecule has 0 radical (unpaired) electrons. The minimum absolute atomic E-state index is 0.0534. The summed E-state index contributed by atoms with van der Waals surface area (Å²) in [6.07, 6.45) is 1.14. The number of ketones is 1. The molecule has 0 N–H and O–H groups in total. The van der Waals surface area contributed by atoms with Crippen molar-refractivity contribution >= 4 is 27.5 Å². The molecule has 0 unspecified atom stereocenters. The molecule has 1 amide bonds. The SMILES string of the molecule is CC(C)CC(=O)C(=O)N1CCC[C@H]1C(=O)OCCS(=O)(=O)c1ccccc1. The molecule has 8 heteroatoms. The number of rotatable bonds is 8. The molecule has 1 atom stereocenters. The van der Waals surface area contributed by atoms with Crippen molar-refractivity contribution < 1.29 is 27.5 Å². The molecule has 1 fully saturated rings. The van der Waals surface area contributed by atoms with E-state index in [1.165, 1.54) is 17.0 Å². The highest BCUT2D eigenvalue weighted by Crippen LogP contribution is 2.20. The van der Waals surface area contributed by atoms with Gasteiger partial charge >= 0.3 is 5.97 Å². The van der Waals surface area contributed by atoms with Crippen LogP contribution in [0.3, 0.4) is 0 Å². The fourth-order valence-electron chi connectivity index (χ4n) is 2.97. The summed E-state index contributed by atoms with van der Waals surface area (Å²) in [6, 6.07) is 7.09. The van der Waals surface area contributed by atoms with Crippen LogP contribution in [0, 0.1) is 5.92 Å². The molecule has 148 valence electrons. The Bertz CT molecular complexity index is 788. The molecule has 1 aromatic rings. The molecule has 0 bridgehead atoms. The zero-order valence-corrected chi connectivity index (χ0v) is 16.4. The van der Waals surface area contributed by atoms with Gasteiger partial charge in [0.25, 0.3) is 5.91 Å². The number of ether oxygens (including phenoxy) is 1. The molecule has 1 saturated heterocycles. The molecule has 1 heterocycles. The number of nitrogens with zero attached hydrogens (tertiary/aromatic N) is 1. The minimum atomic E-state index is -3.55. The average Bonchev–Trinajstić information content (AvgIpc) is 3.10. The van der Waals surface area contributed by atoms with Crippen molar-refractivity contribution in [3.63, 3.8) is 0 Å². The van der Waals surface area contributed by atoms with Gasteiger partial charge in [0.2, 0.25) is 5.78 Å². The van der Waals surface area contributed by atoms with E-state index in [-0.39, 0.29) is 29.6 Å². The maximum Gasteiger partial charge on any atom is 0.328 e. The number of carbonyl (C=O) groups is 3. The summed E-state index contributed by atoms with van der Waals surface area (Å²) >= 11 is 0. The zero-order valence-electron chi connectivity index (χ0n) is 15.6. The number of likely N-dealkylation sites (tertiary alicyclic amines) is 1. The lowest BCUT2D eigenvalue weighted by atomic mass is 10.1. The number of amides is 1. The summed E-state index contributed by atoms with van der Waals surface area (Å²) in [5.41, 5.74) is 0. The number of Topliss-reactive ketones (excluding diaryl/α,β-unsaturated/α-hetero) is 1. The number of hydrogen-bond acceptors (Lipinski definition) is 6. The summed E-state index contributed by atoms with van der Waals surface area (Å²) in [5.74, 6) is -2.13. The van der Waals surface area contributed by atoms with Crippen LogP contribution in [0.25, 0.3) is 0 Å².